The van der Waals surface area contributed by atoms with Crippen LogP contribution in [0.5, 0.6) is 0 Å². The average molecular weight is 555 g/mol. The monoisotopic (exact) mass is 553 g/mol. The first-order chi connectivity index (χ1) is 17.0. The van der Waals surface area contributed by atoms with Crippen molar-refractivity contribution in [2.24, 2.45) is 0 Å². The minimum Gasteiger partial charge on any atom is -0.379 e. The van der Waals surface area contributed by atoms with Crippen LogP contribution in [0.2, 0.25) is 0 Å². The molecule has 184 valence electrons. The molecule has 2 saturated heterocycles. The maximum atomic E-state index is 5.90. The fourth-order valence-corrected chi connectivity index (χ4v) is 6.09. The molecule has 0 amide bonds. The van der Waals surface area contributed by atoms with Gasteiger partial charge in [0.2, 0.25) is 0 Å². The lowest BCUT2D eigenvalue weighted by Gasteiger charge is -2.30. The molecule has 2 aromatic heterocycles. The zero-order valence-electron chi connectivity index (χ0n) is 20.3. The van der Waals surface area contributed by atoms with Gasteiger partial charge in [0.25, 0.3) is 0 Å². The van der Waals surface area contributed by atoms with Gasteiger partial charge in [-0.15, -0.1) is 0 Å². The second-order valence-corrected chi connectivity index (χ2v) is 10.6. The molecule has 2 atom stereocenters. The fraction of sp³-hybridized carbons (Fsp3) is 0.407. The van der Waals surface area contributed by atoms with Crippen LogP contribution in [-0.4, -0.2) is 63.9 Å². The van der Waals surface area contributed by atoms with Gasteiger partial charge in [0.05, 0.1) is 31.0 Å². The van der Waals surface area contributed by atoms with Crippen molar-refractivity contribution in [2.45, 2.75) is 32.4 Å². The Bertz CT molecular complexity index is 1180. The molecule has 8 heteroatoms. The van der Waals surface area contributed by atoms with E-state index in [-0.39, 0.29) is 12.1 Å². The second-order valence-electron chi connectivity index (χ2n) is 9.27. The topological polar surface area (TPSA) is 45.6 Å². The third kappa shape index (κ3) is 5.16. The summed E-state index contributed by atoms with van der Waals surface area (Å²) in [5, 5.41) is 4.41. The van der Waals surface area contributed by atoms with Crippen molar-refractivity contribution in [3.63, 3.8) is 0 Å². The predicted octanol–water partition coefficient (Wildman–Crippen LogP) is 4.95. The zero-order valence-corrected chi connectivity index (χ0v) is 22.7. The van der Waals surface area contributed by atoms with Crippen LogP contribution in [0.3, 0.4) is 0 Å². The van der Waals surface area contributed by atoms with Crippen LogP contribution in [0, 0.1) is 13.8 Å². The van der Waals surface area contributed by atoms with Crippen molar-refractivity contribution in [1.82, 2.24) is 24.7 Å². The van der Waals surface area contributed by atoms with E-state index in [1.54, 1.807) is 0 Å². The van der Waals surface area contributed by atoms with Gasteiger partial charge in [-0.3, -0.25) is 9.88 Å². The highest BCUT2D eigenvalue weighted by atomic mass is 79.9. The van der Waals surface area contributed by atoms with E-state index in [4.69, 9.17) is 21.9 Å². The Balaban J connectivity index is 1.47. The van der Waals surface area contributed by atoms with Gasteiger partial charge < -0.3 is 19.5 Å². The van der Waals surface area contributed by atoms with Gasteiger partial charge >= 0.3 is 0 Å². The van der Waals surface area contributed by atoms with E-state index in [0.29, 0.717) is 0 Å². The lowest BCUT2D eigenvalue weighted by atomic mass is 9.96. The highest BCUT2D eigenvalue weighted by molar-refractivity contribution is 9.10. The number of ether oxygens (including phenoxy) is 1. The van der Waals surface area contributed by atoms with Crippen molar-refractivity contribution in [3.05, 3.63) is 81.8 Å². The molecule has 1 N–H and O–H groups in total. The minimum atomic E-state index is 0.00328. The normalized spacial score (nSPS) is 20.9. The summed E-state index contributed by atoms with van der Waals surface area (Å²) in [6.45, 7) is 10.0. The first-order valence-corrected chi connectivity index (χ1v) is 13.5. The number of rotatable bonds is 7. The number of nitrogens with zero attached hydrogens (tertiary/aromatic N) is 4. The number of pyridine rings is 1. The number of nitrogens with one attached hydrogen (secondary N) is 1. The Morgan fingerprint density at radius 2 is 1.91 bits per heavy atom. The van der Waals surface area contributed by atoms with E-state index in [1.807, 2.05) is 12.3 Å². The summed E-state index contributed by atoms with van der Waals surface area (Å²) in [5.74, 6) is 0. The number of aryl methyl sites for hydroxylation is 1. The number of hydrogen-bond donors (Lipinski definition) is 1. The molecule has 0 aliphatic carbocycles. The molecule has 2 fully saturated rings. The van der Waals surface area contributed by atoms with Crippen LogP contribution < -0.4 is 5.32 Å². The molecule has 0 saturated carbocycles. The molecule has 1 aromatic carbocycles. The number of thiocarbonyl (C=S) groups is 1. The van der Waals surface area contributed by atoms with Crippen molar-refractivity contribution in [2.75, 3.05) is 39.4 Å². The minimum absolute atomic E-state index is 0.00328. The van der Waals surface area contributed by atoms with Gasteiger partial charge in [-0.25, -0.2) is 0 Å². The maximum absolute atomic E-state index is 5.90. The van der Waals surface area contributed by atoms with Gasteiger partial charge in [0.15, 0.2) is 5.11 Å². The van der Waals surface area contributed by atoms with Crippen LogP contribution in [0.25, 0.3) is 5.69 Å². The largest absolute Gasteiger partial charge is 0.379 e. The van der Waals surface area contributed by atoms with Gasteiger partial charge in [0.1, 0.15) is 0 Å². The van der Waals surface area contributed by atoms with E-state index in [2.05, 4.69) is 91.9 Å². The number of morpholine rings is 1. The lowest BCUT2D eigenvalue weighted by Crippen LogP contribution is -2.39. The molecule has 0 spiro atoms. The Morgan fingerprint density at radius 1 is 1.09 bits per heavy atom. The summed E-state index contributed by atoms with van der Waals surface area (Å²) in [7, 11) is 0. The van der Waals surface area contributed by atoms with E-state index in [0.717, 1.165) is 66.8 Å². The van der Waals surface area contributed by atoms with Crippen molar-refractivity contribution >= 4 is 33.3 Å². The molecule has 2 aliphatic heterocycles. The summed E-state index contributed by atoms with van der Waals surface area (Å²) in [4.78, 5) is 9.57. The van der Waals surface area contributed by atoms with E-state index < -0.39 is 0 Å². The molecule has 0 bridgehead atoms. The molecule has 35 heavy (non-hydrogen) atoms. The highest BCUT2D eigenvalue weighted by Crippen LogP contribution is 2.41. The highest BCUT2D eigenvalue weighted by Gasteiger charge is 2.41. The van der Waals surface area contributed by atoms with Crippen LogP contribution in [0.1, 0.15) is 41.1 Å². The fourth-order valence-electron chi connectivity index (χ4n) is 5.37. The van der Waals surface area contributed by atoms with E-state index in [1.165, 1.54) is 17.0 Å². The van der Waals surface area contributed by atoms with Crippen LogP contribution in [0.15, 0.2) is 59.2 Å². The summed E-state index contributed by atoms with van der Waals surface area (Å²) in [6, 6.07) is 17.0. The van der Waals surface area contributed by atoms with E-state index in [9.17, 15) is 0 Å². The first-order valence-electron chi connectivity index (χ1n) is 12.3. The van der Waals surface area contributed by atoms with Crippen LogP contribution in [-0.2, 0) is 4.74 Å². The number of aromatic nitrogens is 2. The number of halogens is 1. The Kier molecular flexibility index (Phi) is 7.53. The molecule has 0 radical (unpaired) electrons. The smallest absolute Gasteiger partial charge is 0.170 e. The summed E-state index contributed by atoms with van der Waals surface area (Å²) in [6.07, 6.45) is 2.92. The quantitative estimate of drug-likeness (QED) is 0.418. The molecule has 4 heterocycles. The van der Waals surface area contributed by atoms with E-state index >= 15 is 0 Å². The molecule has 5 rings (SSSR count). The molecule has 0 unspecified atom stereocenters. The third-order valence-corrected chi connectivity index (χ3v) is 7.88. The molecular formula is C27H32BrN5OS. The van der Waals surface area contributed by atoms with Gasteiger partial charge in [-0.2, -0.15) is 0 Å². The maximum Gasteiger partial charge on any atom is 0.170 e. The van der Waals surface area contributed by atoms with Gasteiger partial charge in [0, 0.05) is 53.9 Å². The summed E-state index contributed by atoms with van der Waals surface area (Å²) < 4.78 is 8.92. The predicted molar refractivity (Wildman–Crippen MR) is 147 cm³/mol. The first kappa shape index (κ1) is 24.4. The Labute approximate surface area is 221 Å². The molecule has 3 aromatic rings. The zero-order chi connectivity index (χ0) is 24.4. The van der Waals surface area contributed by atoms with Crippen molar-refractivity contribution < 1.29 is 4.74 Å². The molecule has 6 nitrogen and oxygen atoms in total. The molecular weight excluding hydrogens is 522 g/mol. The molecule has 2 aliphatic rings. The third-order valence-electron chi connectivity index (χ3n) is 7.03. The lowest BCUT2D eigenvalue weighted by molar-refractivity contribution is 0.0365. The van der Waals surface area contributed by atoms with Gasteiger partial charge in [-0.1, -0.05) is 28.1 Å². The number of hydrogen-bond acceptors (Lipinski definition) is 4. The summed E-state index contributed by atoms with van der Waals surface area (Å²) >= 11 is 9.53. The van der Waals surface area contributed by atoms with Crippen molar-refractivity contribution in [3.8, 4) is 5.69 Å². The van der Waals surface area contributed by atoms with Crippen LogP contribution >= 0.6 is 28.1 Å². The summed E-state index contributed by atoms with van der Waals surface area (Å²) in [5.41, 5.74) is 5.90. The Hall–Kier alpha value is -2.26. The number of benzene rings is 1. The average Bonchev–Trinajstić information content (AvgIpc) is 3.35. The SMILES string of the molecule is Cc1cc([C@H]2[C@@H](c3ccccn3)NC(=S)N2CCCN2CCOCC2)c(C)n1-c1cccc(Br)c1. The Morgan fingerprint density at radius 3 is 2.66 bits per heavy atom. The van der Waals surface area contributed by atoms with Gasteiger partial charge in [-0.05, 0) is 74.4 Å². The van der Waals surface area contributed by atoms with Crippen LogP contribution in [0.4, 0.5) is 0 Å². The second kappa shape index (κ2) is 10.8. The van der Waals surface area contributed by atoms with Crippen molar-refractivity contribution in [1.29, 1.82) is 0 Å². The standard InChI is InChI=1S/C27H32BrN5OS/c1-19-17-23(20(2)33(19)22-8-5-7-21(28)18-22)26-25(24-9-3-4-10-29-24)30-27(35)32(26)12-6-11-31-13-15-34-16-14-31/h3-5,7-10,17-18,25-26H,6,11-16H2,1-2H3,(H,30,35)/t25-,26+/m1/s1.